The minimum absolute atomic E-state index is 0.590. The maximum absolute atomic E-state index is 5.66. The van der Waals surface area contributed by atoms with Gasteiger partial charge in [0.25, 0.3) is 0 Å². The molecule has 0 spiro atoms. The van der Waals surface area contributed by atoms with E-state index < -0.39 is 0 Å². The molecule has 2 aliphatic carbocycles. The van der Waals surface area contributed by atoms with Gasteiger partial charge in [-0.05, 0) is 43.6 Å². The Labute approximate surface area is 124 Å². The second-order valence-electron chi connectivity index (χ2n) is 7.27. The fourth-order valence-corrected chi connectivity index (χ4v) is 4.58. The van der Waals surface area contributed by atoms with Crippen LogP contribution in [0.5, 0.6) is 0 Å². The SMILES string of the molecule is CC1CCCCC1CNC1CCCC1C1COCCN1. The van der Waals surface area contributed by atoms with Crippen LogP contribution in [0, 0.1) is 17.8 Å². The summed E-state index contributed by atoms with van der Waals surface area (Å²) in [4.78, 5) is 0. The van der Waals surface area contributed by atoms with Crippen LogP contribution in [0.3, 0.4) is 0 Å². The van der Waals surface area contributed by atoms with Crippen LogP contribution >= 0.6 is 0 Å². The van der Waals surface area contributed by atoms with Crippen LogP contribution in [0.15, 0.2) is 0 Å². The molecule has 3 fully saturated rings. The zero-order valence-corrected chi connectivity index (χ0v) is 13.1. The van der Waals surface area contributed by atoms with Gasteiger partial charge in [-0.25, -0.2) is 0 Å². The van der Waals surface area contributed by atoms with Gasteiger partial charge in [0.1, 0.15) is 0 Å². The highest BCUT2D eigenvalue weighted by molar-refractivity contribution is 4.92. The summed E-state index contributed by atoms with van der Waals surface area (Å²) in [5.41, 5.74) is 0. The Morgan fingerprint density at radius 1 is 1.10 bits per heavy atom. The zero-order chi connectivity index (χ0) is 13.8. The lowest BCUT2D eigenvalue weighted by atomic mass is 9.80. The largest absolute Gasteiger partial charge is 0.379 e. The normalized spacial score (nSPS) is 42.8. The lowest BCUT2D eigenvalue weighted by Gasteiger charge is -2.35. The van der Waals surface area contributed by atoms with Crippen LogP contribution in [0.25, 0.3) is 0 Å². The molecule has 0 aromatic heterocycles. The zero-order valence-electron chi connectivity index (χ0n) is 13.1. The molecule has 5 unspecified atom stereocenters. The van der Waals surface area contributed by atoms with E-state index in [9.17, 15) is 0 Å². The van der Waals surface area contributed by atoms with E-state index in [-0.39, 0.29) is 0 Å². The molecule has 2 N–H and O–H groups in total. The van der Waals surface area contributed by atoms with Gasteiger partial charge in [0, 0.05) is 18.6 Å². The second-order valence-corrected chi connectivity index (χ2v) is 7.27. The van der Waals surface area contributed by atoms with E-state index in [1.54, 1.807) is 0 Å². The number of nitrogens with one attached hydrogen (secondary N) is 2. The third-order valence-electron chi connectivity index (χ3n) is 5.97. The summed E-state index contributed by atoms with van der Waals surface area (Å²) < 4.78 is 5.66. The summed E-state index contributed by atoms with van der Waals surface area (Å²) in [6.07, 6.45) is 9.91. The van der Waals surface area contributed by atoms with Gasteiger partial charge in [-0.15, -0.1) is 0 Å². The maximum atomic E-state index is 5.66. The van der Waals surface area contributed by atoms with Gasteiger partial charge < -0.3 is 15.4 Å². The molecule has 1 heterocycles. The number of ether oxygens (including phenoxy) is 1. The summed E-state index contributed by atoms with van der Waals surface area (Å²) in [6.45, 7) is 6.54. The second kappa shape index (κ2) is 7.24. The van der Waals surface area contributed by atoms with E-state index in [4.69, 9.17) is 4.74 Å². The molecule has 0 amide bonds. The fourth-order valence-electron chi connectivity index (χ4n) is 4.58. The average Bonchev–Trinajstić information content (AvgIpc) is 2.96. The standard InChI is InChI=1S/C17H32N2O/c1-13-5-2-3-6-14(13)11-19-16-8-4-7-15(16)17-12-20-10-9-18-17/h13-19H,2-12H2,1H3. The first-order valence-corrected chi connectivity index (χ1v) is 8.89. The molecule has 20 heavy (non-hydrogen) atoms. The van der Waals surface area contributed by atoms with E-state index in [2.05, 4.69) is 17.6 Å². The van der Waals surface area contributed by atoms with E-state index >= 15 is 0 Å². The summed E-state index contributed by atoms with van der Waals surface area (Å²) in [7, 11) is 0. The molecule has 3 nitrogen and oxygen atoms in total. The molecule has 3 rings (SSSR count). The van der Waals surface area contributed by atoms with Crippen LogP contribution in [0.2, 0.25) is 0 Å². The molecule has 0 radical (unpaired) electrons. The molecule has 116 valence electrons. The molecule has 0 aromatic carbocycles. The lowest BCUT2D eigenvalue weighted by Crippen LogP contribution is -2.51. The van der Waals surface area contributed by atoms with Crippen LogP contribution in [-0.2, 0) is 4.74 Å². The van der Waals surface area contributed by atoms with Crippen molar-refractivity contribution in [2.24, 2.45) is 17.8 Å². The van der Waals surface area contributed by atoms with Crippen LogP contribution in [0.1, 0.15) is 51.9 Å². The van der Waals surface area contributed by atoms with Crippen molar-refractivity contribution in [2.45, 2.75) is 64.0 Å². The summed E-state index contributed by atoms with van der Waals surface area (Å²) >= 11 is 0. The van der Waals surface area contributed by atoms with Crippen molar-refractivity contribution in [3.05, 3.63) is 0 Å². The summed E-state index contributed by atoms with van der Waals surface area (Å²) in [6, 6.07) is 1.32. The van der Waals surface area contributed by atoms with Crippen LogP contribution in [-0.4, -0.2) is 38.4 Å². The van der Waals surface area contributed by atoms with Gasteiger partial charge in [-0.2, -0.15) is 0 Å². The van der Waals surface area contributed by atoms with Crippen molar-refractivity contribution < 1.29 is 4.74 Å². The molecule has 1 saturated heterocycles. The van der Waals surface area contributed by atoms with Crippen molar-refractivity contribution in [2.75, 3.05) is 26.3 Å². The quantitative estimate of drug-likeness (QED) is 0.830. The van der Waals surface area contributed by atoms with Crippen molar-refractivity contribution in [3.63, 3.8) is 0 Å². The molecule has 1 aliphatic heterocycles. The summed E-state index contributed by atoms with van der Waals surface area (Å²) in [5.74, 6) is 2.63. The number of hydrogen-bond acceptors (Lipinski definition) is 3. The van der Waals surface area contributed by atoms with Crippen molar-refractivity contribution in [3.8, 4) is 0 Å². The Bertz CT molecular complexity index is 291. The number of morpholine rings is 1. The first-order valence-electron chi connectivity index (χ1n) is 8.89. The first kappa shape index (κ1) is 14.8. The number of hydrogen-bond donors (Lipinski definition) is 2. The monoisotopic (exact) mass is 280 g/mol. The molecule has 0 bridgehead atoms. The highest BCUT2D eigenvalue weighted by Gasteiger charge is 2.35. The van der Waals surface area contributed by atoms with E-state index in [0.717, 1.165) is 43.6 Å². The van der Waals surface area contributed by atoms with Crippen molar-refractivity contribution in [1.29, 1.82) is 0 Å². The van der Waals surface area contributed by atoms with Gasteiger partial charge in [0.15, 0.2) is 0 Å². The van der Waals surface area contributed by atoms with Crippen molar-refractivity contribution in [1.82, 2.24) is 10.6 Å². The lowest BCUT2D eigenvalue weighted by molar-refractivity contribution is 0.0518. The van der Waals surface area contributed by atoms with Gasteiger partial charge in [-0.1, -0.05) is 32.6 Å². The van der Waals surface area contributed by atoms with Gasteiger partial charge in [0.2, 0.25) is 0 Å². The first-order chi connectivity index (χ1) is 9.84. The topological polar surface area (TPSA) is 33.3 Å². The third kappa shape index (κ3) is 3.55. The Balaban J connectivity index is 1.48. The predicted octanol–water partition coefficient (Wildman–Crippen LogP) is 2.56. The fraction of sp³-hybridized carbons (Fsp3) is 1.00. The van der Waals surface area contributed by atoms with Gasteiger partial charge >= 0.3 is 0 Å². The van der Waals surface area contributed by atoms with Gasteiger partial charge in [0.05, 0.1) is 13.2 Å². The molecule has 2 saturated carbocycles. The molecule has 3 heteroatoms. The van der Waals surface area contributed by atoms with Crippen LogP contribution < -0.4 is 10.6 Å². The van der Waals surface area contributed by atoms with Gasteiger partial charge in [-0.3, -0.25) is 0 Å². The molecular formula is C17H32N2O. The average molecular weight is 280 g/mol. The minimum atomic E-state index is 0.590. The minimum Gasteiger partial charge on any atom is -0.379 e. The van der Waals surface area contributed by atoms with E-state index in [1.807, 2.05) is 0 Å². The third-order valence-corrected chi connectivity index (χ3v) is 5.97. The maximum Gasteiger partial charge on any atom is 0.0623 e. The molecule has 5 atom stereocenters. The van der Waals surface area contributed by atoms with E-state index in [1.165, 1.54) is 51.5 Å². The van der Waals surface area contributed by atoms with Crippen LogP contribution in [0.4, 0.5) is 0 Å². The number of rotatable bonds is 4. The smallest absolute Gasteiger partial charge is 0.0623 e. The molecular weight excluding hydrogens is 248 g/mol. The Morgan fingerprint density at radius 3 is 2.80 bits per heavy atom. The predicted molar refractivity (Wildman–Crippen MR) is 82.9 cm³/mol. The molecule has 0 aromatic rings. The highest BCUT2D eigenvalue weighted by atomic mass is 16.5. The Hall–Kier alpha value is -0.120. The van der Waals surface area contributed by atoms with Crippen molar-refractivity contribution >= 4 is 0 Å². The Morgan fingerprint density at radius 2 is 2.00 bits per heavy atom. The highest BCUT2D eigenvalue weighted by Crippen LogP contribution is 2.32. The Kier molecular flexibility index (Phi) is 5.36. The van der Waals surface area contributed by atoms with E-state index in [0.29, 0.717) is 6.04 Å². The molecule has 3 aliphatic rings. The summed E-state index contributed by atoms with van der Waals surface area (Å²) in [5, 5.41) is 7.61.